The van der Waals surface area contributed by atoms with E-state index < -0.39 is 11.2 Å². The van der Waals surface area contributed by atoms with Gasteiger partial charge in [-0.15, -0.1) is 10.2 Å². The van der Waals surface area contributed by atoms with Crippen LogP contribution in [0.5, 0.6) is 11.5 Å². The van der Waals surface area contributed by atoms with E-state index in [2.05, 4.69) is 15.5 Å². The van der Waals surface area contributed by atoms with Crippen LogP contribution in [0.3, 0.4) is 0 Å². The van der Waals surface area contributed by atoms with E-state index in [0.717, 1.165) is 5.56 Å². The number of alkyl halides is 3. The van der Waals surface area contributed by atoms with Gasteiger partial charge in [0.2, 0.25) is 10.1 Å². The maximum absolute atomic E-state index is 12.5. The molecule has 1 aromatic heterocycles. The zero-order chi connectivity index (χ0) is 15.7. The van der Waals surface area contributed by atoms with Crippen molar-refractivity contribution in [3.8, 4) is 11.5 Å². The van der Waals surface area contributed by atoms with Crippen LogP contribution in [0, 0.1) is 0 Å². The minimum atomic E-state index is -4.47. The molecule has 1 aliphatic heterocycles. The molecule has 5 nitrogen and oxygen atoms in total. The van der Waals surface area contributed by atoms with E-state index >= 15 is 0 Å². The fourth-order valence-corrected chi connectivity index (χ4v) is 2.86. The maximum atomic E-state index is 12.5. The Morgan fingerprint density at radius 2 is 2.18 bits per heavy atom. The van der Waals surface area contributed by atoms with Gasteiger partial charge < -0.3 is 14.8 Å². The molecule has 22 heavy (non-hydrogen) atoms. The van der Waals surface area contributed by atoms with Crippen molar-refractivity contribution < 1.29 is 22.6 Å². The summed E-state index contributed by atoms with van der Waals surface area (Å²) in [5.74, 6) is 1.32. The number of rotatable bonds is 3. The molecule has 0 saturated heterocycles. The van der Waals surface area contributed by atoms with Crippen LogP contribution in [0.15, 0.2) is 18.2 Å². The Labute approximate surface area is 128 Å². The van der Waals surface area contributed by atoms with Crippen LogP contribution < -0.4 is 14.8 Å². The van der Waals surface area contributed by atoms with Gasteiger partial charge in [-0.25, -0.2) is 0 Å². The second kappa shape index (κ2) is 5.64. The van der Waals surface area contributed by atoms with Gasteiger partial charge in [0.25, 0.3) is 0 Å². The van der Waals surface area contributed by atoms with Crippen molar-refractivity contribution in [3.05, 3.63) is 28.8 Å². The lowest BCUT2D eigenvalue weighted by molar-refractivity contribution is -0.138. The summed E-state index contributed by atoms with van der Waals surface area (Å²) in [6.45, 7) is 0.461. The van der Waals surface area contributed by atoms with Crippen LogP contribution >= 0.6 is 11.3 Å². The third-order valence-corrected chi connectivity index (χ3v) is 4.12. The summed E-state index contributed by atoms with van der Waals surface area (Å²) in [5.41, 5.74) is 0.857. The van der Waals surface area contributed by atoms with Gasteiger partial charge in [0.1, 0.15) is 11.5 Å². The van der Waals surface area contributed by atoms with Gasteiger partial charge in [-0.3, -0.25) is 0 Å². The number of fused-ring (bicyclic) bond motifs is 1. The molecule has 1 aliphatic rings. The second-order valence-electron chi connectivity index (χ2n) is 4.65. The number of methoxy groups -OCH3 is 1. The quantitative estimate of drug-likeness (QED) is 0.933. The van der Waals surface area contributed by atoms with Crippen molar-refractivity contribution in [1.29, 1.82) is 0 Å². The third-order valence-electron chi connectivity index (χ3n) is 3.23. The number of aromatic nitrogens is 2. The van der Waals surface area contributed by atoms with Gasteiger partial charge in [-0.1, -0.05) is 11.3 Å². The van der Waals surface area contributed by atoms with E-state index in [-0.39, 0.29) is 11.2 Å². The summed E-state index contributed by atoms with van der Waals surface area (Å²) in [6.07, 6.45) is -3.85. The zero-order valence-corrected chi connectivity index (χ0v) is 12.3. The highest BCUT2D eigenvalue weighted by molar-refractivity contribution is 7.15. The summed E-state index contributed by atoms with van der Waals surface area (Å²) < 4.78 is 48.3. The fraction of sp³-hybridized carbons (Fsp3) is 0.385. The molecule has 0 bridgehead atoms. The fourth-order valence-electron chi connectivity index (χ4n) is 2.19. The molecule has 0 amide bonds. The molecular formula is C13H12F3N3O2S. The Kier molecular flexibility index (Phi) is 3.81. The number of benzene rings is 1. The van der Waals surface area contributed by atoms with Gasteiger partial charge in [0.15, 0.2) is 0 Å². The number of anilines is 1. The molecule has 1 atom stereocenters. The standard InChI is InChI=1S/C13H12F3N3O2S/c1-20-7-2-3-8-9(4-5-21-10(8)6-7)17-12-19-18-11(22-12)13(14,15)16/h2-3,6,9H,4-5H2,1H3,(H,17,19). The smallest absolute Gasteiger partial charge is 0.445 e. The van der Waals surface area contributed by atoms with Crippen molar-refractivity contribution in [2.24, 2.45) is 0 Å². The van der Waals surface area contributed by atoms with Gasteiger partial charge >= 0.3 is 6.18 Å². The number of hydrogen-bond donors (Lipinski definition) is 1. The Morgan fingerprint density at radius 3 is 2.86 bits per heavy atom. The molecule has 3 rings (SSSR count). The topological polar surface area (TPSA) is 56.3 Å². The van der Waals surface area contributed by atoms with Crippen molar-refractivity contribution in [3.63, 3.8) is 0 Å². The normalized spacial score (nSPS) is 17.5. The van der Waals surface area contributed by atoms with E-state index in [1.807, 2.05) is 6.07 Å². The predicted molar refractivity (Wildman–Crippen MR) is 74.4 cm³/mol. The second-order valence-corrected chi connectivity index (χ2v) is 5.63. The first kappa shape index (κ1) is 14.9. The molecule has 0 fully saturated rings. The van der Waals surface area contributed by atoms with Crippen LogP contribution in [0.1, 0.15) is 23.0 Å². The van der Waals surface area contributed by atoms with E-state index in [4.69, 9.17) is 9.47 Å². The molecule has 1 N–H and O–H groups in total. The summed E-state index contributed by atoms with van der Waals surface area (Å²) in [5, 5.41) is 8.89. The summed E-state index contributed by atoms with van der Waals surface area (Å²) in [7, 11) is 1.56. The highest BCUT2D eigenvalue weighted by Crippen LogP contribution is 2.38. The first-order valence-electron chi connectivity index (χ1n) is 6.45. The first-order chi connectivity index (χ1) is 10.5. The SMILES string of the molecule is COc1ccc2c(c1)OCCC2Nc1nnc(C(F)(F)F)s1. The van der Waals surface area contributed by atoms with E-state index in [9.17, 15) is 13.2 Å². The van der Waals surface area contributed by atoms with Crippen molar-refractivity contribution in [2.45, 2.75) is 18.6 Å². The average molecular weight is 331 g/mol. The molecule has 9 heteroatoms. The van der Waals surface area contributed by atoms with Gasteiger partial charge in [-0.05, 0) is 12.1 Å². The third kappa shape index (κ3) is 2.94. The number of nitrogens with zero attached hydrogens (tertiary/aromatic N) is 2. The largest absolute Gasteiger partial charge is 0.497 e. The van der Waals surface area contributed by atoms with Gasteiger partial charge in [-0.2, -0.15) is 13.2 Å². The molecule has 118 valence electrons. The van der Waals surface area contributed by atoms with Crippen LogP contribution in [0.2, 0.25) is 0 Å². The van der Waals surface area contributed by atoms with Crippen molar-refractivity contribution in [2.75, 3.05) is 19.0 Å². The Bertz CT molecular complexity index is 675. The first-order valence-corrected chi connectivity index (χ1v) is 7.27. The molecule has 1 aromatic carbocycles. The molecule has 0 aliphatic carbocycles. The monoisotopic (exact) mass is 331 g/mol. The summed E-state index contributed by atoms with van der Waals surface area (Å²) in [6, 6.07) is 5.19. The summed E-state index contributed by atoms with van der Waals surface area (Å²) >= 11 is 0.492. The number of hydrogen-bond acceptors (Lipinski definition) is 6. The highest BCUT2D eigenvalue weighted by atomic mass is 32.1. The number of ether oxygens (including phenoxy) is 2. The van der Waals surface area contributed by atoms with Gasteiger partial charge in [0, 0.05) is 18.1 Å². The average Bonchev–Trinajstić information content (AvgIpc) is 2.96. The van der Waals surface area contributed by atoms with Crippen LogP contribution in [0.25, 0.3) is 0 Å². The Hall–Kier alpha value is -2.03. The molecular weight excluding hydrogens is 319 g/mol. The lowest BCUT2D eigenvalue weighted by Crippen LogP contribution is -2.20. The minimum absolute atomic E-state index is 0.140. The minimum Gasteiger partial charge on any atom is -0.497 e. The highest BCUT2D eigenvalue weighted by Gasteiger charge is 2.36. The van der Waals surface area contributed by atoms with E-state index in [0.29, 0.717) is 35.9 Å². The van der Waals surface area contributed by atoms with Crippen LogP contribution in [0.4, 0.5) is 18.3 Å². The molecule has 2 heterocycles. The number of nitrogens with one attached hydrogen (secondary N) is 1. The summed E-state index contributed by atoms with van der Waals surface area (Å²) in [4.78, 5) is 0. The van der Waals surface area contributed by atoms with Gasteiger partial charge in [0.05, 0.1) is 19.8 Å². The Balaban J connectivity index is 1.81. The van der Waals surface area contributed by atoms with E-state index in [1.165, 1.54) is 0 Å². The maximum Gasteiger partial charge on any atom is 0.445 e. The predicted octanol–water partition coefficient (Wildman–Crippen LogP) is 3.50. The molecule has 2 aromatic rings. The zero-order valence-electron chi connectivity index (χ0n) is 11.5. The lowest BCUT2D eigenvalue weighted by atomic mass is 10.0. The van der Waals surface area contributed by atoms with Crippen LogP contribution in [-0.2, 0) is 6.18 Å². The van der Waals surface area contributed by atoms with Crippen molar-refractivity contribution >= 4 is 16.5 Å². The number of halogens is 3. The van der Waals surface area contributed by atoms with Crippen LogP contribution in [-0.4, -0.2) is 23.9 Å². The van der Waals surface area contributed by atoms with E-state index in [1.54, 1.807) is 19.2 Å². The molecule has 1 unspecified atom stereocenters. The lowest BCUT2D eigenvalue weighted by Gasteiger charge is -2.26. The Morgan fingerprint density at radius 1 is 1.36 bits per heavy atom. The molecule has 0 spiro atoms. The van der Waals surface area contributed by atoms with Crippen molar-refractivity contribution in [1.82, 2.24) is 10.2 Å². The molecule has 0 radical (unpaired) electrons. The molecule has 0 saturated carbocycles.